The molecular weight excluding hydrogens is 352 g/mol. The highest BCUT2D eigenvalue weighted by Crippen LogP contribution is 2.28. The van der Waals surface area contributed by atoms with Gasteiger partial charge in [-0.15, -0.1) is 0 Å². The van der Waals surface area contributed by atoms with Crippen LogP contribution in [0.4, 0.5) is 16.2 Å². The number of carbonyl (C=O) groups excluding carboxylic acids is 1. The normalized spacial score (nSPS) is 14.1. The number of benzene rings is 1. The maximum absolute atomic E-state index is 12.7. The second-order valence-corrected chi connectivity index (χ2v) is 7.22. The van der Waals surface area contributed by atoms with E-state index in [0.29, 0.717) is 13.1 Å². The molecule has 28 heavy (non-hydrogen) atoms. The van der Waals surface area contributed by atoms with Crippen LogP contribution in [0.1, 0.15) is 17.7 Å². The molecule has 1 aliphatic heterocycles. The Kier molecular flexibility index (Phi) is 4.73. The summed E-state index contributed by atoms with van der Waals surface area (Å²) in [6.07, 6.45) is 6.40. The number of hydrogen-bond acceptors (Lipinski definition) is 4. The van der Waals surface area contributed by atoms with Gasteiger partial charge in [0.05, 0.1) is 5.69 Å². The highest BCUT2D eigenvalue weighted by atomic mass is 16.2. The van der Waals surface area contributed by atoms with Gasteiger partial charge < -0.3 is 20.1 Å². The van der Waals surface area contributed by atoms with Crippen LogP contribution in [0.5, 0.6) is 0 Å². The third-order valence-electron chi connectivity index (χ3n) is 5.08. The first kappa shape index (κ1) is 18.0. The summed E-state index contributed by atoms with van der Waals surface area (Å²) in [5.74, 6) is 0. The minimum Gasteiger partial charge on any atom is -0.378 e. The number of aromatic amines is 1. The Labute approximate surface area is 164 Å². The van der Waals surface area contributed by atoms with Crippen LogP contribution in [0, 0.1) is 6.92 Å². The second kappa shape index (κ2) is 7.34. The molecule has 0 saturated carbocycles. The first-order chi connectivity index (χ1) is 13.5. The standard InChI is InChI=1S/C21H24N6O/c1-14-12-22-20-18(14)19(23-13-24-20)15-7-9-27(10-8-15)21(28)25-16-5-4-6-17(11-16)26(2)3/h4-7,11-13H,8-10H2,1-3H3,(H,25,28)(H,22,23,24). The Hall–Kier alpha value is -3.35. The van der Waals surface area contributed by atoms with Crippen LogP contribution in [-0.4, -0.2) is 53.1 Å². The summed E-state index contributed by atoms with van der Waals surface area (Å²) in [5, 5.41) is 4.06. The first-order valence-corrected chi connectivity index (χ1v) is 9.34. The van der Waals surface area contributed by atoms with Crippen LogP contribution in [-0.2, 0) is 0 Å². The summed E-state index contributed by atoms with van der Waals surface area (Å²) in [6.45, 7) is 3.26. The van der Waals surface area contributed by atoms with Gasteiger partial charge in [0.1, 0.15) is 12.0 Å². The van der Waals surface area contributed by atoms with Gasteiger partial charge in [-0.2, -0.15) is 0 Å². The number of aryl methyl sites for hydroxylation is 1. The number of nitrogens with one attached hydrogen (secondary N) is 2. The molecule has 3 heterocycles. The lowest BCUT2D eigenvalue weighted by molar-refractivity contribution is 0.217. The van der Waals surface area contributed by atoms with Crippen molar-refractivity contribution in [3.05, 3.63) is 54.1 Å². The van der Waals surface area contributed by atoms with Gasteiger partial charge in [-0.3, -0.25) is 0 Å². The van der Waals surface area contributed by atoms with Crippen molar-refractivity contribution in [2.45, 2.75) is 13.3 Å². The van der Waals surface area contributed by atoms with Gasteiger partial charge in [0.15, 0.2) is 0 Å². The van der Waals surface area contributed by atoms with E-state index in [1.807, 2.05) is 54.4 Å². The number of amides is 2. The van der Waals surface area contributed by atoms with Gasteiger partial charge in [-0.1, -0.05) is 12.1 Å². The first-order valence-electron chi connectivity index (χ1n) is 9.34. The van der Waals surface area contributed by atoms with Crippen LogP contribution >= 0.6 is 0 Å². The minimum atomic E-state index is -0.0862. The molecule has 4 rings (SSSR count). The Morgan fingerprint density at radius 2 is 2.14 bits per heavy atom. The van der Waals surface area contributed by atoms with Crippen molar-refractivity contribution in [1.29, 1.82) is 0 Å². The van der Waals surface area contributed by atoms with Gasteiger partial charge in [-0.05, 0) is 42.7 Å². The van der Waals surface area contributed by atoms with Crippen LogP contribution in [0.3, 0.4) is 0 Å². The average molecular weight is 376 g/mol. The van der Waals surface area contributed by atoms with Gasteiger partial charge >= 0.3 is 6.03 Å². The Morgan fingerprint density at radius 3 is 2.89 bits per heavy atom. The third-order valence-corrected chi connectivity index (χ3v) is 5.08. The Bertz CT molecular complexity index is 1050. The molecule has 0 fully saturated rings. The molecule has 0 saturated heterocycles. The molecule has 0 spiro atoms. The zero-order chi connectivity index (χ0) is 19.7. The van der Waals surface area contributed by atoms with E-state index in [0.717, 1.165) is 45.7 Å². The van der Waals surface area contributed by atoms with E-state index >= 15 is 0 Å². The summed E-state index contributed by atoms with van der Waals surface area (Å²) in [6, 6.07) is 7.74. The van der Waals surface area contributed by atoms with Crippen molar-refractivity contribution < 1.29 is 4.79 Å². The molecule has 2 N–H and O–H groups in total. The summed E-state index contributed by atoms with van der Waals surface area (Å²) in [4.78, 5) is 28.5. The summed E-state index contributed by atoms with van der Waals surface area (Å²) >= 11 is 0. The summed E-state index contributed by atoms with van der Waals surface area (Å²) in [7, 11) is 3.96. The Morgan fingerprint density at radius 1 is 1.29 bits per heavy atom. The zero-order valence-electron chi connectivity index (χ0n) is 16.4. The fraction of sp³-hybridized carbons (Fsp3) is 0.286. The van der Waals surface area contributed by atoms with Gasteiger partial charge in [0, 0.05) is 50.1 Å². The number of nitrogens with zero attached hydrogens (tertiary/aromatic N) is 4. The number of fused-ring (bicyclic) bond motifs is 1. The predicted molar refractivity (Wildman–Crippen MR) is 113 cm³/mol. The number of rotatable bonds is 3. The molecule has 3 aromatic rings. The Balaban J connectivity index is 1.48. The lowest BCUT2D eigenvalue weighted by Crippen LogP contribution is -2.38. The van der Waals surface area contributed by atoms with Gasteiger partial charge in [0.25, 0.3) is 0 Å². The van der Waals surface area contributed by atoms with E-state index < -0.39 is 0 Å². The number of anilines is 2. The second-order valence-electron chi connectivity index (χ2n) is 7.22. The SMILES string of the molecule is Cc1c[nH]c2ncnc(C3=CCN(C(=O)Nc4cccc(N(C)C)c4)CC3)c12. The quantitative estimate of drug-likeness (QED) is 0.731. The zero-order valence-corrected chi connectivity index (χ0v) is 16.4. The molecule has 1 aliphatic rings. The number of urea groups is 1. The maximum atomic E-state index is 12.7. The predicted octanol–water partition coefficient (Wildman–Crippen LogP) is 3.65. The van der Waals surface area contributed by atoms with E-state index in [9.17, 15) is 4.79 Å². The molecule has 144 valence electrons. The monoisotopic (exact) mass is 376 g/mol. The van der Waals surface area contributed by atoms with Crippen molar-refractivity contribution in [2.75, 3.05) is 37.4 Å². The van der Waals surface area contributed by atoms with Crippen LogP contribution < -0.4 is 10.2 Å². The smallest absolute Gasteiger partial charge is 0.322 e. The lowest BCUT2D eigenvalue weighted by atomic mass is 10.0. The molecule has 1 aromatic carbocycles. The van der Waals surface area contributed by atoms with Crippen LogP contribution in [0.2, 0.25) is 0 Å². The van der Waals surface area contributed by atoms with E-state index in [1.165, 1.54) is 0 Å². The molecule has 2 amide bonds. The molecule has 0 atom stereocenters. The van der Waals surface area contributed by atoms with Crippen LogP contribution in [0.15, 0.2) is 42.9 Å². The molecule has 0 aliphatic carbocycles. The molecule has 2 aromatic heterocycles. The molecule has 7 heteroatoms. The highest BCUT2D eigenvalue weighted by molar-refractivity contribution is 5.93. The van der Waals surface area contributed by atoms with E-state index in [1.54, 1.807) is 6.33 Å². The minimum absolute atomic E-state index is 0.0862. The maximum Gasteiger partial charge on any atom is 0.322 e. The van der Waals surface area contributed by atoms with Crippen molar-refractivity contribution >= 4 is 34.0 Å². The third kappa shape index (κ3) is 3.43. The van der Waals surface area contributed by atoms with Crippen molar-refractivity contribution in [3.63, 3.8) is 0 Å². The molecule has 0 unspecified atom stereocenters. The average Bonchev–Trinajstić information content (AvgIpc) is 3.09. The lowest BCUT2D eigenvalue weighted by Gasteiger charge is -2.27. The largest absolute Gasteiger partial charge is 0.378 e. The number of carbonyl (C=O) groups is 1. The van der Waals surface area contributed by atoms with Gasteiger partial charge in [0.2, 0.25) is 0 Å². The van der Waals surface area contributed by atoms with Gasteiger partial charge in [-0.25, -0.2) is 14.8 Å². The fourth-order valence-electron chi connectivity index (χ4n) is 3.49. The molecule has 7 nitrogen and oxygen atoms in total. The number of aromatic nitrogens is 3. The highest BCUT2D eigenvalue weighted by Gasteiger charge is 2.20. The summed E-state index contributed by atoms with van der Waals surface area (Å²) < 4.78 is 0. The van der Waals surface area contributed by atoms with Crippen LogP contribution in [0.25, 0.3) is 16.6 Å². The van der Waals surface area contributed by atoms with E-state index in [-0.39, 0.29) is 6.03 Å². The van der Waals surface area contributed by atoms with E-state index in [4.69, 9.17) is 0 Å². The van der Waals surface area contributed by atoms with E-state index in [2.05, 4.69) is 33.3 Å². The van der Waals surface area contributed by atoms with Crippen molar-refractivity contribution in [3.8, 4) is 0 Å². The van der Waals surface area contributed by atoms with Crippen molar-refractivity contribution in [2.24, 2.45) is 0 Å². The topological polar surface area (TPSA) is 77.1 Å². The molecule has 0 radical (unpaired) electrons. The molecular formula is C21H24N6O. The summed E-state index contributed by atoms with van der Waals surface area (Å²) in [5.41, 5.74) is 5.95. The number of hydrogen-bond donors (Lipinski definition) is 2. The number of H-pyrrole nitrogens is 1. The molecule has 0 bridgehead atoms. The fourth-order valence-corrected chi connectivity index (χ4v) is 3.49. The van der Waals surface area contributed by atoms with Crippen molar-refractivity contribution in [1.82, 2.24) is 19.9 Å².